The lowest BCUT2D eigenvalue weighted by molar-refractivity contribution is 0.0881. The molecule has 28 heavy (non-hydrogen) atoms. The molecule has 0 amide bonds. The minimum absolute atomic E-state index is 0.0628. The van der Waals surface area contributed by atoms with Crippen LogP contribution in [0.2, 0.25) is 0 Å². The summed E-state index contributed by atoms with van der Waals surface area (Å²) in [6, 6.07) is 13.3. The molecule has 0 radical (unpaired) electrons. The van der Waals surface area contributed by atoms with Crippen molar-refractivity contribution in [2.45, 2.75) is 19.4 Å². The zero-order valence-corrected chi connectivity index (χ0v) is 15.3. The van der Waals surface area contributed by atoms with E-state index >= 15 is 0 Å². The van der Waals surface area contributed by atoms with Gasteiger partial charge >= 0.3 is 0 Å². The van der Waals surface area contributed by atoms with Crippen molar-refractivity contribution in [3.05, 3.63) is 66.0 Å². The summed E-state index contributed by atoms with van der Waals surface area (Å²) >= 11 is 0. The van der Waals surface area contributed by atoms with Gasteiger partial charge in [-0.3, -0.25) is 0 Å². The van der Waals surface area contributed by atoms with Crippen LogP contribution in [0.15, 0.2) is 53.1 Å². The summed E-state index contributed by atoms with van der Waals surface area (Å²) in [5.41, 5.74) is 7.41. The normalized spacial score (nSPS) is 13.0. The third-order valence-corrected chi connectivity index (χ3v) is 4.19. The zero-order chi connectivity index (χ0) is 19.7. The van der Waals surface area contributed by atoms with Crippen LogP contribution in [0.4, 0.5) is 5.82 Å². The standard InChI is InChI=1S/C21H17N5O2/c1-13-25-26-20(28-13)21(2,27)10-8-14-4-3-5-16(12-14)17-7-6-15-9-11-23-19(22)18(15)24-17/h3-7,9,11-12,27H,1-2H3,(H2,22,23)/t21-/m1/s1. The minimum Gasteiger partial charge on any atom is -0.421 e. The van der Waals surface area contributed by atoms with E-state index in [2.05, 4.69) is 32.0 Å². The summed E-state index contributed by atoms with van der Waals surface area (Å²) in [5, 5.41) is 19.0. The molecule has 0 spiro atoms. The topological polar surface area (TPSA) is 111 Å². The number of nitrogen functional groups attached to an aromatic ring is 1. The molecular weight excluding hydrogens is 354 g/mol. The number of rotatable bonds is 2. The lowest BCUT2D eigenvalue weighted by atomic mass is 10.0. The number of hydrogen-bond donors (Lipinski definition) is 2. The zero-order valence-electron chi connectivity index (χ0n) is 15.3. The van der Waals surface area contributed by atoms with Gasteiger partial charge in [-0.2, -0.15) is 0 Å². The van der Waals surface area contributed by atoms with Crippen LogP contribution in [0.5, 0.6) is 0 Å². The predicted octanol–water partition coefficient (Wildman–Crippen LogP) is 2.83. The lowest BCUT2D eigenvalue weighted by Crippen LogP contribution is -2.19. The average Bonchev–Trinajstić information content (AvgIpc) is 3.14. The summed E-state index contributed by atoms with van der Waals surface area (Å²) in [4.78, 5) is 8.72. The number of aromatic nitrogens is 4. The average molecular weight is 371 g/mol. The molecule has 0 saturated carbocycles. The maximum atomic E-state index is 10.5. The Labute approximate surface area is 161 Å². The third-order valence-electron chi connectivity index (χ3n) is 4.19. The molecular formula is C21H17N5O2. The summed E-state index contributed by atoms with van der Waals surface area (Å²) in [5.74, 6) is 6.56. The monoisotopic (exact) mass is 371 g/mol. The molecule has 1 atom stereocenters. The van der Waals surface area contributed by atoms with E-state index < -0.39 is 5.60 Å². The second-order valence-corrected chi connectivity index (χ2v) is 6.49. The Kier molecular flexibility index (Phi) is 4.26. The van der Waals surface area contributed by atoms with E-state index in [1.54, 1.807) is 13.1 Å². The quantitative estimate of drug-likeness (QED) is 0.521. The number of hydrogen-bond acceptors (Lipinski definition) is 7. The van der Waals surface area contributed by atoms with E-state index in [4.69, 9.17) is 10.2 Å². The molecule has 3 N–H and O–H groups in total. The number of aryl methyl sites for hydroxylation is 1. The Bertz CT molecular complexity index is 1230. The van der Waals surface area contributed by atoms with Crippen LogP contribution in [0.1, 0.15) is 24.3 Å². The lowest BCUT2D eigenvalue weighted by Gasteiger charge is -2.10. The number of pyridine rings is 2. The Morgan fingerprint density at radius 2 is 2.00 bits per heavy atom. The third kappa shape index (κ3) is 3.41. The van der Waals surface area contributed by atoms with Gasteiger partial charge in [0.05, 0.1) is 5.69 Å². The van der Waals surface area contributed by atoms with Gasteiger partial charge in [-0.15, -0.1) is 10.2 Å². The van der Waals surface area contributed by atoms with E-state index in [9.17, 15) is 5.11 Å². The number of fused-ring (bicyclic) bond motifs is 1. The van der Waals surface area contributed by atoms with Crippen molar-refractivity contribution in [1.82, 2.24) is 20.2 Å². The fourth-order valence-electron chi connectivity index (χ4n) is 2.73. The second kappa shape index (κ2) is 6.76. The van der Waals surface area contributed by atoms with Crippen LogP contribution in [0.3, 0.4) is 0 Å². The fourth-order valence-corrected chi connectivity index (χ4v) is 2.73. The molecule has 0 bridgehead atoms. The number of aliphatic hydroxyl groups is 1. The molecule has 0 aliphatic carbocycles. The highest BCUT2D eigenvalue weighted by Gasteiger charge is 2.27. The van der Waals surface area contributed by atoms with Crippen molar-refractivity contribution in [3.8, 4) is 23.1 Å². The largest absolute Gasteiger partial charge is 0.421 e. The van der Waals surface area contributed by atoms with E-state index in [-0.39, 0.29) is 5.89 Å². The highest BCUT2D eigenvalue weighted by atomic mass is 16.4. The first-order chi connectivity index (χ1) is 13.4. The summed E-state index contributed by atoms with van der Waals surface area (Å²) in [6.07, 6.45) is 1.66. The van der Waals surface area contributed by atoms with Gasteiger partial charge in [-0.1, -0.05) is 30.0 Å². The van der Waals surface area contributed by atoms with E-state index in [0.717, 1.165) is 22.2 Å². The molecule has 0 saturated heterocycles. The van der Waals surface area contributed by atoms with Gasteiger partial charge in [0.15, 0.2) is 0 Å². The number of nitrogens with zero attached hydrogens (tertiary/aromatic N) is 4. The first-order valence-corrected chi connectivity index (χ1v) is 8.60. The Hall–Kier alpha value is -3.76. The summed E-state index contributed by atoms with van der Waals surface area (Å²) in [7, 11) is 0. The number of anilines is 1. The SMILES string of the molecule is Cc1nnc([C@](C)(O)C#Cc2cccc(-c3ccc4ccnc(N)c4n3)c2)o1. The summed E-state index contributed by atoms with van der Waals surface area (Å²) < 4.78 is 5.28. The molecule has 138 valence electrons. The van der Waals surface area contributed by atoms with Gasteiger partial charge in [0.1, 0.15) is 11.3 Å². The van der Waals surface area contributed by atoms with Gasteiger partial charge < -0.3 is 15.3 Å². The van der Waals surface area contributed by atoms with Crippen molar-refractivity contribution in [3.63, 3.8) is 0 Å². The molecule has 0 aliphatic heterocycles. The van der Waals surface area contributed by atoms with Crippen LogP contribution in [-0.2, 0) is 5.60 Å². The van der Waals surface area contributed by atoms with Crippen LogP contribution in [0, 0.1) is 18.8 Å². The molecule has 7 heteroatoms. The highest BCUT2D eigenvalue weighted by Crippen LogP contribution is 2.24. The van der Waals surface area contributed by atoms with Crippen molar-refractivity contribution in [1.29, 1.82) is 0 Å². The molecule has 0 fully saturated rings. The Morgan fingerprint density at radius 3 is 2.79 bits per heavy atom. The highest BCUT2D eigenvalue weighted by molar-refractivity contribution is 5.88. The Balaban J connectivity index is 1.69. The predicted molar refractivity (Wildman–Crippen MR) is 105 cm³/mol. The first kappa shape index (κ1) is 17.6. The smallest absolute Gasteiger partial charge is 0.260 e. The molecule has 4 rings (SSSR count). The van der Waals surface area contributed by atoms with Crippen LogP contribution >= 0.6 is 0 Å². The first-order valence-electron chi connectivity index (χ1n) is 8.60. The van der Waals surface area contributed by atoms with Crippen LogP contribution in [-0.4, -0.2) is 25.3 Å². The molecule has 4 aromatic rings. The molecule has 7 nitrogen and oxygen atoms in total. The second-order valence-electron chi connectivity index (χ2n) is 6.49. The minimum atomic E-state index is -1.54. The van der Waals surface area contributed by atoms with E-state index in [1.807, 2.05) is 42.5 Å². The van der Waals surface area contributed by atoms with Crippen LogP contribution in [0.25, 0.3) is 22.2 Å². The number of nitrogens with two attached hydrogens (primary N) is 1. The van der Waals surface area contributed by atoms with Gasteiger partial charge in [-0.05, 0) is 31.2 Å². The van der Waals surface area contributed by atoms with Crippen molar-refractivity contribution >= 4 is 16.7 Å². The van der Waals surface area contributed by atoms with Gasteiger partial charge in [0.25, 0.3) is 5.89 Å². The van der Waals surface area contributed by atoms with E-state index in [1.165, 1.54) is 6.92 Å². The van der Waals surface area contributed by atoms with Crippen LogP contribution < -0.4 is 5.73 Å². The van der Waals surface area contributed by atoms with Gasteiger partial charge in [0.2, 0.25) is 11.5 Å². The fraction of sp³-hybridized carbons (Fsp3) is 0.143. The molecule has 3 heterocycles. The maximum Gasteiger partial charge on any atom is 0.260 e. The summed E-state index contributed by atoms with van der Waals surface area (Å²) in [6.45, 7) is 3.17. The maximum absolute atomic E-state index is 10.5. The molecule has 0 unspecified atom stereocenters. The van der Waals surface area contributed by atoms with Gasteiger partial charge in [-0.25, -0.2) is 9.97 Å². The van der Waals surface area contributed by atoms with Crippen molar-refractivity contribution in [2.75, 3.05) is 5.73 Å². The van der Waals surface area contributed by atoms with Crippen molar-refractivity contribution in [2.24, 2.45) is 0 Å². The molecule has 1 aromatic carbocycles. The molecule has 3 aromatic heterocycles. The Morgan fingerprint density at radius 1 is 1.14 bits per heavy atom. The number of benzene rings is 1. The van der Waals surface area contributed by atoms with Crippen molar-refractivity contribution < 1.29 is 9.52 Å². The van der Waals surface area contributed by atoms with Gasteiger partial charge in [0, 0.05) is 29.6 Å². The van der Waals surface area contributed by atoms with E-state index in [0.29, 0.717) is 17.2 Å². The molecule has 0 aliphatic rings.